The van der Waals surface area contributed by atoms with Crippen molar-refractivity contribution < 1.29 is 23.5 Å². The monoisotopic (exact) mass is 564 g/mol. The average Bonchev–Trinajstić information content (AvgIpc) is 2.97. The largest absolute Gasteiger partial charge is 0.481 e. The van der Waals surface area contributed by atoms with Gasteiger partial charge in [-0.25, -0.2) is 15.2 Å². The molecule has 41 heavy (non-hydrogen) atoms. The number of methoxy groups -OCH3 is 2. The van der Waals surface area contributed by atoms with E-state index < -0.39 is 0 Å². The first-order valence-electron chi connectivity index (χ1n) is 13.8. The normalized spacial score (nSPS) is 21.8. The molecule has 1 saturated heterocycles. The van der Waals surface area contributed by atoms with Crippen LogP contribution in [0.1, 0.15) is 37.8 Å². The number of nitrogens with zero attached hydrogens (tertiary/aromatic N) is 4. The van der Waals surface area contributed by atoms with Gasteiger partial charge in [0.25, 0.3) is 5.91 Å². The number of aromatic nitrogens is 1. The fraction of sp³-hybridized carbons (Fsp3) is 0.433. The number of amidine groups is 1. The van der Waals surface area contributed by atoms with Gasteiger partial charge >= 0.3 is 0 Å². The van der Waals surface area contributed by atoms with Gasteiger partial charge in [-0.2, -0.15) is 0 Å². The van der Waals surface area contributed by atoms with E-state index in [2.05, 4.69) is 15.5 Å². The van der Waals surface area contributed by atoms with Gasteiger partial charge in [-0.05, 0) is 67.0 Å². The molecule has 0 bridgehead atoms. The first-order chi connectivity index (χ1) is 19.9. The van der Waals surface area contributed by atoms with Crippen LogP contribution in [0.15, 0.2) is 64.5 Å². The fourth-order valence-electron chi connectivity index (χ4n) is 5.89. The Morgan fingerprint density at radius 3 is 2.93 bits per heavy atom. The van der Waals surface area contributed by atoms with E-state index in [-0.39, 0.29) is 24.4 Å². The summed E-state index contributed by atoms with van der Waals surface area (Å²) in [5, 5.41) is 9.55. The minimum atomic E-state index is -0.366. The number of amides is 1. The Bertz CT molecular complexity index is 1370. The SMILES string of the molecule is COCC1CCCN(C(=O)CON=C2N[C@@H](c3ccc(F)cc3-c3cccc(OC)n3)CC3=C2C(C)=CN(N)C3)C1. The van der Waals surface area contributed by atoms with Crippen molar-refractivity contribution in [2.24, 2.45) is 16.9 Å². The number of hydrogen-bond donors (Lipinski definition) is 2. The summed E-state index contributed by atoms with van der Waals surface area (Å²) in [5.74, 6) is 6.99. The average molecular weight is 565 g/mol. The smallest absolute Gasteiger partial charge is 0.263 e. The molecule has 0 saturated carbocycles. The van der Waals surface area contributed by atoms with Crippen LogP contribution < -0.4 is 15.9 Å². The first-order valence-corrected chi connectivity index (χ1v) is 13.8. The van der Waals surface area contributed by atoms with Crippen LogP contribution in [0.25, 0.3) is 11.3 Å². The van der Waals surface area contributed by atoms with Crippen molar-refractivity contribution in [1.82, 2.24) is 20.2 Å². The van der Waals surface area contributed by atoms with Crippen molar-refractivity contribution in [2.45, 2.75) is 32.2 Å². The predicted molar refractivity (Wildman–Crippen MR) is 153 cm³/mol. The number of halogens is 1. The van der Waals surface area contributed by atoms with Crippen molar-refractivity contribution in [3.05, 3.63) is 70.7 Å². The Kier molecular flexibility index (Phi) is 8.84. The third-order valence-electron chi connectivity index (χ3n) is 7.70. The van der Waals surface area contributed by atoms with E-state index in [1.54, 1.807) is 31.4 Å². The van der Waals surface area contributed by atoms with E-state index in [0.717, 1.165) is 35.1 Å². The Labute approximate surface area is 239 Å². The Morgan fingerprint density at radius 1 is 1.27 bits per heavy atom. The minimum Gasteiger partial charge on any atom is -0.481 e. The number of pyridine rings is 1. The number of carbonyl (C=O) groups is 1. The van der Waals surface area contributed by atoms with Crippen LogP contribution in [-0.4, -0.2) is 73.7 Å². The maximum atomic E-state index is 14.5. The molecule has 1 aromatic heterocycles. The highest BCUT2D eigenvalue weighted by atomic mass is 19.1. The number of carbonyl (C=O) groups excluding carboxylic acids is 1. The highest BCUT2D eigenvalue weighted by Crippen LogP contribution is 2.38. The highest BCUT2D eigenvalue weighted by molar-refractivity contribution is 6.04. The minimum absolute atomic E-state index is 0.106. The van der Waals surface area contributed by atoms with Gasteiger partial charge in [0.15, 0.2) is 12.4 Å². The number of rotatable bonds is 8. The molecule has 0 radical (unpaired) electrons. The zero-order valence-corrected chi connectivity index (χ0v) is 23.7. The Morgan fingerprint density at radius 2 is 2.12 bits per heavy atom. The Hall–Kier alpha value is -3.96. The fourth-order valence-corrected chi connectivity index (χ4v) is 5.89. The number of nitrogens with two attached hydrogens (primary N) is 1. The summed E-state index contributed by atoms with van der Waals surface area (Å²) in [4.78, 5) is 24.9. The molecule has 2 aromatic rings. The van der Waals surface area contributed by atoms with Gasteiger partial charge in [-0.3, -0.25) is 4.79 Å². The van der Waals surface area contributed by atoms with Crippen LogP contribution in [0.4, 0.5) is 4.39 Å². The summed E-state index contributed by atoms with van der Waals surface area (Å²) in [6.45, 7) is 4.29. The van der Waals surface area contributed by atoms with Gasteiger partial charge in [0.05, 0.1) is 32.0 Å². The third-order valence-corrected chi connectivity index (χ3v) is 7.70. The molecule has 11 heteroatoms. The number of nitrogens with one attached hydrogen (secondary N) is 1. The molecule has 1 fully saturated rings. The van der Waals surface area contributed by atoms with Crippen molar-refractivity contribution >= 4 is 11.7 Å². The van der Waals surface area contributed by atoms with Crippen LogP contribution in [0.3, 0.4) is 0 Å². The summed E-state index contributed by atoms with van der Waals surface area (Å²) < 4.78 is 25.1. The molecule has 2 atom stereocenters. The number of hydrazine groups is 1. The number of oxime groups is 1. The van der Waals surface area contributed by atoms with Crippen LogP contribution in [0.2, 0.25) is 0 Å². The third kappa shape index (κ3) is 6.52. The number of likely N-dealkylation sites (tertiary alicyclic amines) is 1. The van der Waals surface area contributed by atoms with Gasteiger partial charge in [0.1, 0.15) is 5.82 Å². The molecule has 218 valence electrons. The van der Waals surface area contributed by atoms with Gasteiger partial charge in [0.2, 0.25) is 5.88 Å². The molecule has 5 rings (SSSR count). The standard InChI is InChI=1S/C30H37FN6O4/c1-19-14-37(32)16-21-12-26(23-10-9-22(31)13-24(23)25-7-4-8-27(33-25)40-3)34-30(29(19)21)35-41-18-28(38)36-11-5-6-20(15-36)17-39-2/h4,7-10,13-14,20,26H,5-6,11-12,15-18,32H2,1-3H3,(H,34,35)/t20?,26-/m1/s1. The van der Waals surface area contributed by atoms with E-state index in [1.165, 1.54) is 12.1 Å². The molecule has 0 aliphatic carbocycles. The summed E-state index contributed by atoms with van der Waals surface area (Å²) in [6, 6.07) is 9.80. The van der Waals surface area contributed by atoms with E-state index in [9.17, 15) is 9.18 Å². The Balaban J connectivity index is 1.41. The van der Waals surface area contributed by atoms with Crippen LogP contribution in [0.5, 0.6) is 5.88 Å². The van der Waals surface area contributed by atoms with Crippen molar-refractivity contribution in [3.63, 3.8) is 0 Å². The molecule has 1 unspecified atom stereocenters. The topological polar surface area (TPSA) is 115 Å². The van der Waals surface area contributed by atoms with E-state index in [1.807, 2.05) is 30.2 Å². The summed E-state index contributed by atoms with van der Waals surface area (Å²) in [5.41, 5.74) is 4.99. The summed E-state index contributed by atoms with van der Waals surface area (Å²) in [6.07, 6.45) is 4.46. The van der Waals surface area contributed by atoms with Gasteiger partial charge in [-0.15, -0.1) is 0 Å². The molecule has 4 heterocycles. The van der Waals surface area contributed by atoms with Gasteiger partial charge in [0, 0.05) is 43.6 Å². The van der Waals surface area contributed by atoms with Crippen LogP contribution >= 0.6 is 0 Å². The summed E-state index contributed by atoms with van der Waals surface area (Å²) in [7, 11) is 3.23. The lowest BCUT2D eigenvalue weighted by atomic mass is 9.85. The maximum Gasteiger partial charge on any atom is 0.263 e. The van der Waals surface area contributed by atoms with Gasteiger partial charge < -0.3 is 29.5 Å². The predicted octanol–water partition coefficient (Wildman–Crippen LogP) is 3.54. The second-order valence-electron chi connectivity index (χ2n) is 10.7. The van der Waals surface area contributed by atoms with Gasteiger partial charge in [-0.1, -0.05) is 17.3 Å². The molecule has 1 aromatic carbocycles. The van der Waals surface area contributed by atoms with E-state index >= 15 is 0 Å². The number of hydrogen-bond acceptors (Lipinski definition) is 8. The molecule has 10 nitrogen and oxygen atoms in total. The maximum absolute atomic E-state index is 14.5. The highest BCUT2D eigenvalue weighted by Gasteiger charge is 2.32. The molecule has 1 amide bonds. The summed E-state index contributed by atoms with van der Waals surface area (Å²) >= 11 is 0. The molecule has 3 aliphatic heterocycles. The van der Waals surface area contributed by atoms with E-state index in [0.29, 0.717) is 61.6 Å². The molecule has 3 aliphatic rings. The second kappa shape index (κ2) is 12.7. The van der Waals surface area contributed by atoms with Crippen molar-refractivity contribution in [1.29, 1.82) is 0 Å². The zero-order chi connectivity index (χ0) is 28.9. The number of ether oxygens (including phenoxy) is 2. The first kappa shape index (κ1) is 28.6. The second-order valence-corrected chi connectivity index (χ2v) is 10.7. The number of piperidine rings is 1. The van der Waals surface area contributed by atoms with E-state index in [4.69, 9.17) is 20.2 Å². The zero-order valence-electron chi connectivity index (χ0n) is 23.7. The lowest BCUT2D eigenvalue weighted by Gasteiger charge is -2.36. The molecule has 3 N–H and O–H groups in total. The quantitative estimate of drug-likeness (QED) is 0.370. The lowest BCUT2D eigenvalue weighted by molar-refractivity contribution is -0.138. The lowest BCUT2D eigenvalue weighted by Crippen LogP contribution is -2.43. The van der Waals surface area contributed by atoms with Crippen LogP contribution in [-0.2, 0) is 14.4 Å². The van der Waals surface area contributed by atoms with Crippen LogP contribution in [0, 0.1) is 11.7 Å². The molecular weight excluding hydrogens is 527 g/mol. The van der Waals surface area contributed by atoms with Crippen molar-refractivity contribution in [3.8, 4) is 17.1 Å². The molecular formula is C30H37FN6O4. The molecule has 0 spiro atoms. The van der Waals surface area contributed by atoms with Crippen molar-refractivity contribution in [2.75, 3.05) is 47.1 Å². The number of benzene rings is 1.